The average Bonchev–Trinajstić information content (AvgIpc) is 2.41. The number of anilines is 1. The number of para-hydroxylation sites is 1. The minimum atomic E-state index is -0.328. The van der Waals surface area contributed by atoms with Crippen LogP contribution >= 0.6 is 0 Å². The quantitative estimate of drug-likeness (QED) is 0.664. The molecule has 0 atom stereocenters. The van der Waals surface area contributed by atoms with E-state index >= 15 is 0 Å². The SMILES string of the molecule is Cc1cc(OCCOc2ccccc2)c(N)cc1F. The lowest BCUT2D eigenvalue weighted by molar-refractivity contribution is 0.217. The van der Waals surface area contributed by atoms with Crippen molar-refractivity contribution >= 4 is 5.69 Å². The predicted molar refractivity (Wildman–Crippen MR) is 73.0 cm³/mol. The summed E-state index contributed by atoms with van der Waals surface area (Å²) in [6, 6.07) is 12.3. The molecule has 0 aromatic heterocycles. The number of ether oxygens (including phenoxy) is 2. The average molecular weight is 261 g/mol. The largest absolute Gasteiger partial charge is 0.490 e. The van der Waals surface area contributed by atoms with E-state index in [4.69, 9.17) is 15.2 Å². The number of benzene rings is 2. The van der Waals surface area contributed by atoms with Crippen LogP contribution in [-0.4, -0.2) is 13.2 Å². The summed E-state index contributed by atoms with van der Waals surface area (Å²) >= 11 is 0. The molecule has 0 saturated heterocycles. The first-order chi connectivity index (χ1) is 9.16. The first kappa shape index (κ1) is 13.2. The molecule has 2 aromatic rings. The fourth-order valence-electron chi connectivity index (χ4n) is 1.62. The van der Waals surface area contributed by atoms with Gasteiger partial charge in [0.25, 0.3) is 0 Å². The lowest BCUT2D eigenvalue weighted by atomic mass is 10.2. The van der Waals surface area contributed by atoms with Crippen molar-refractivity contribution in [2.45, 2.75) is 6.92 Å². The van der Waals surface area contributed by atoms with Gasteiger partial charge in [-0.05, 0) is 30.7 Å². The van der Waals surface area contributed by atoms with Crippen molar-refractivity contribution in [3.05, 3.63) is 53.8 Å². The van der Waals surface area contributed by atoms with Crippen LogP contribution < -0.4 is 15.2 Å². The molecule has 0 spiro atoms. The van der Waals surface area contributed by atoms with Gasteiger partial charge in [0.05, 0.1) is 5.69 Å². The molecule has 0 aliphatic rings. The highest BCUT2D eigenvalue weighted by Crippen LogP contribution is 2.24. The van der Waals surface area contributed by atoms with E-state index in [0.717, 1.165) is 5.75 Å². The number of hydrogen-bond donors (Lipinski definition) is 1. The highest BCUT2D eigenvalue weighted by Gasteiger charge is 2.05. The van der Waals surface area contributed by atoms with Gasteiger partial charge in [-0.3, -0.25) is 0 Å². The van der Waals surface area contributed by atoms with E-state index < -0.39 is 0 Å². The van der Waals surface area contributed by atoms with Crippen molar-refractivity contribution in [1.29, 1.82) is 0 Å². The lowest BCUT2D eigenvalue weighted by Gasteiger charge is -2.11. The fraction of sp³-hybridized carbons (Fsp3) is 0.200. The first-order valence-corrected chi connectivity index (χ1v) is 6.03. The van der Waals surface area contributed by atoms with Crippen LogP contribution in [0.25, 0.3) is 0 Å². The Balaban J connectivity index is 1.85. The number of hydrogen-bond acceptors (Lipinski definition) is 3. The topological polar surface area (TPSA) is 44.5 Å². The third kappa shape index (κ3) is 3.61. The maximum Gasteiger partial charge on any atom is 0.142 e. The summed E-state index contributed by atoms with van der Waals surface area (Å²) in [5.74, 6) is 0.940. The van der Waals surface area contributed by atoms with E-state index in [1.54, 1.807) is 13.0 Å². The van der Waals surface area contributed by atoms with Crippen LogP contribution in [0.3, 0.4) is 0 Å². The highest BCUT2D eigenvalue weighted by atomic mass is 19.1. The molecule has 0 amide bonds. The van der Waals surface area contributed by atoms with Crippen LogP contribution in [0.4, 0.5) is 10.1 Å². The smallest absolute Gasteiger partial charge is 0.142 e. The summed E-state index contributed by atoms with van der Waals surface area (Å²) < 4.78 is 24.2. The van der Waals surface area contributed by atoms with Crippen LogP contribution in [0.1, 0.15) is 5.56 Å². The van der Waals surface area contributed by atoms with Crippen molar-refractivity contribution < 1.29 is 13.9 Å². The van der Waals surface area contributed by atoms with Crippen LogP contribution in [-0.2, 0) is 0 Å². The molecule has 0 aliphatic carbocycles. The molecular weight excluding hydrogens is 245 g/mol. The molecule has 100 valence electrons. The standard InChI is InChI=1S/C15H16FNO2/c1-11-9-15(14(17)10-13(11)16)19-8-7-18-12-5-3-2-4-6-12/h2-6,9-10H,7-8,17H2,1H3. The molecular formula is C15H16FNO2. The van der Waals surface area contributed by atoms with E-state index in [0.29, 0.717) is 30.2 Å². The summed E-state index contributed by atoms with van der Waals surface area (Å²) in [4.78, 5) is 0. The Kier molecular flexibility index (Phi) is 4.23. The number of nitrogens with two attached hydrogens (primary N) is 1. The molecule has 0 saturated carbocycles. The van der Waals surface area contributed by atoms with E-state index in [2.05, 4.69) is 0 Å². The van der Waals surface area contributed by atoms with Crippen molar-refractivity contribution in [3.8, 4) is 11.5 Å². The van der Waals surface area contributed by atoms with Crippen molar-refractivity contribution in [2.24, 2.45) is 0 Å². The minimum Gasteiger partial charge on any atom is -0.490 e. The van der Waals surface area contributed by atoms with Gasteiger partial charge in [-0.15, -0.1) is 0 Å². The molecule has 0 unspecified atom stereocenters. The predicted octanol–water partition coefficient (Wildman–Crippen LogP) is 3.17. The minimum absolute atomic E-state index is 0.294. The summed E-state index contributed by atoms with van der Waals surface area (Å²) in [5.41, 5.74) is 6.48. The fourth-order valence-corrected chi connectivity index (χ4v) is 1.62. The van der Waals surface area contributed by atoms with E-state index in [1.165, 1.54) is 6.07 Å². The molecule has 19 heavy (non-hydrogen) atoms. The molecule has 2 N–H and O–H groups in total. The summed E-state index contributed by atoms with van der Waals surface area (Å²) in [6.45, 7) is 2.42. The molecule has 0 radical (unpaired) electrons. The van der Waals surface area contributed by atoms with Gasteiger partial charge in [0.1, 0.15) is 30.5 Å². The summed E-state index contributed by atoms with van der Waals surface area (Å²) in [5, 5.41) is 0. The number of aryl methyl sites for hydroxylation is 1. The Morgan fingerprint density at radius 3 is 2.47 bits per heavy atom. The second kappa shape index (κ2) is 6.09. The van der Waals surface area contributed by atoms with Gasteiger partial charge in [0.2, 0.25) is 0 Å². The van der Waals surface area contributed by atoms with Crippen LogP contribution in [0.2, 0.25) is 0 Å². The number of rotatable bonds is 5. The van der Waals surface area contributed by atoms with E-state index in [-0.39, 0.29) is 5.82 Å². The highest BCUT2D eigenvalue weighted by molar-refractivity contribution is 5.54. The lowest BCUT2D eigenvalue weighted by Crippen LogP contribution is -2.10. The number of nitrogen functional groups attached to an aromatic ring is 1. The molecule has 0 aliphatic heterocycles. The monoisotopic (exact) mass is 261 g/mol. The maximum atomic E-state index is 13.2. The van der Waals surface area contributed by atoms with E-state index in [1.807, 2.05) is 30.3 Å². The second-order valence-electron chi connectivity index (χ2n) is 4.15. The van der Waals surface area contributed by atoms with Crippen LogP contribution in [0.5, 0.6) is 11.5 Å². The Morgan fingerprint density at radius 2 is 1.74 bits per heavy atom. The Morgan fingerprint density at radius 1 is 1.05 bits per heavy atom. The first-order valence-electron chi connectivity index (χ1n) is 6.03. The zero-order valence-electron chi connectivity index (χ0n) is 10.7. The van der Waals surface area contributed by atoms with Gasteiger partial charge < -0.3 is 15.2 Å². The summed E-state index contributed by atoms with van der Waals surface area (Å²) in [6.07, 6.45) is 0. The van der Waals surface area contributed by atoms with Gasteiger partial charge in [-0.1, -0.05) is 18.2 Å². The Labute approximate surface area is 111 Å². The van der Waals surface area contributed by atoms with Gasteiger partial charge in [0.15, 0.2) is 0 Å². The number of halogens is 1. The molecule has 0 fully saturated rings. The van der Waals surface area contributed by atoms with Gasteiger partial charge in [-0.25, -0.2) is 4.39 Å². The molecule has 2 rings (SSSR count). The molecule has 3 nitrogen and oxygen atoms in total. The van der Waals surface area contributed by atoms with Gasteiger partial charge >= 0.3 is 0 Å². The normalized spacial score (nSPS) is 10.2. The molecule has 0 bridgehead atoms. The maximum absolute atomic E-state index is 13.2. The summed E-state index contributed by atoms with van der Waals surface area (Å²) in [7, 11) is 0. The third-order valence-electron chi connectivity index (χ3n) is 2.64. The zero-order chi connectivity index (χ0) is 13.7. The Hall–Kier alpha value is -2.23. The molecule has 4 heteroatoms. The van der Waals surface area contributed by atoms with Crippen molar-refractivity contribution in [2.75, 3.05) is 18.9 Å². The van der Waals surface area contributed by atoms with Crippen LogP contribution in [0.15, 0.2) is 42.5 Å². The van der Waals surface area contributed by atoms with Crippen molar-refractivity contribution in [1.82, 2.24) is 0 Å². The molecule has 0 heterocycles. The Bertz CT molecular complexity index is 543. The van der Waals surface area contributed by atoms with Gasteiger partial charge in [0, 0.05) is 6.07 Å². The van der Waals surface area contributed by atoms with E-state index in [9.17, 15) is 4.39 Å². The zero-order valence-corrected chi connectivity index (χ0v) is 10.7. The molecule has 2 aromatic carbocycles. The van der Waals surface area contributed by atoms with Gasteiger partial charge in [-0.2, -0.15) is 0 Å². The second-order valence-corrected chi connectivity index (χ2v) is 4.15. The van der Waals surface area contributed by atoms with Crippen LogP contribution in [0, 0.1) is 12.7 Å². The van der Waals surface area contributed by atoms with Crippen molar-refractivity contribution in [3.63, 3.8) is 0 Å². The third-order valence-corrected chi connectivity index (χ3v) is 2.64.